The van der Waals surface area contributed by atoms with E-state index in [2.05, 4.69) is 34.2 Å². The van der Waals surface area contributed by atoms with Crippen molar-refractivity contribution in [2.45, 2.75) is 6.04 Å². The Morgan fingerprint density at radius 1 is 1.29 bits per heavy atom. The average molecular weight is 286 g/mol. The summed E-state index contributed by atoms with van der Waals surface area (Å²) < 4.78 is 0. The van der Waals surface area contributed by atoms with E-state index in [9.17, 15) is 4.79 Å². The second-order valence-electron chi connectivity index (χ2n) is 5.88. The molecule has 0 bridgehead atoms. The molecule has 1 aromatic heterocycles. The van der Waals surface area contributed by atoms with Crippen molar-refractivity contribution in [3.05, 3.63) is 40.7 Å². The van der Waals surface area contributed by atoms with Crippen LogP contribution in [0.25, 0.3) is 10.8 Å². The third-order valence-electron chi connectivity index (χ3n) is 4.26. The number of anilines is 1. The van der Waals surface area contributed by atoms with Crippen molar-refractivity contribution < 1.29 is 0 Å². The summed E-state index contributed by atoms with van der Waals surface area (Å²) in [4.78, 5) is 19.7. The van der Waals surface area contributed by atoms with Crippen LogP contribution in [0.5, 0.6) is 0 Å². The Hall–Kier alpha value is -1.85. The standard InChI is InChI=1S/C16H22N4O/c1-19-7-8-20(2)13(11-19)10-17-15-9-12-5-3-4-6-14(12)16(21)18-15/h3-6,9,13H,7-8,10-11H2,1-2H3,(H2,17,18,21). The predicted octanol–water partition coefficient (Wildman–Crippen LogP) is 1.19. The topological polar surface area (TPSA) is 51.4 Å². The van der Waals surface area contributed by atoms with Gasteiger partial charge in [-0.2, -0.15) is 0 Å². The zero-order valence-corrected chi connectivity index (χ0v) is 12.6. The summed E-state index contributed by atoms with van der Waals surface area (Å²) in [7, 11) is 4.31. The van der Waals surface area contributed by atoms with Crippen molar-refractivity contribution in [1.29, 1.82) is 0 Å². The summed E-state index contributed by atoms with van der Waals surface area (Å²) >= 11 is 0. The highest BCUT2D eigenvalue weighted by molar-refractivity contribution is 5.83. The Bertz CT molecular complexity index is 681. The molecule has 1 aliphatic rings. The van der Waals surface area contributed by atoms with Crippen LogP contribution in [0.4, 0.5) is 5.82 Å². The maximum absolute atomic E-state index is 12.1. The molecule has 0 saturated carbocycles. The quantitative estimate of drug-likeness (QED) is 0.890. The minimum Gasteiger partial charge on any atom is -0.370 e. The van der Waals surface area contributed by atoms with Crippen LogP contribution in [0, 0.1) is 0 Å². The van der Waals surface area contributed by atoms with Gasteiger partial charge in [-0.25, -0.2) is 0 Å². The highest BCUT2D eigenvalue weighted by Crippen LogP contribution is 2.13. The molecule has 5 heteroatoms. The average Bonchev–Trinajstić information content (AvgIpc) is 2.48. The molecule has 112 valence electrons. The second-order valence-corrected chi connectivity index (χ2v) is 5.88. The van der Waals surface area contributed by atoms with E-state index in [1.54, 1.807) is 0 Å². The first-order valence-corrected chi connectivity index (χ1v) is 7.38. The summed E-state index contributed by atoms with van der Waals surface area (Å²) in [5.74, 6) is 0.792. The van der Waals surface area contributed by atoms with Crippen LogP contribution >= 0.6 is 0 Å². The molecular weight excluding hydrogens is 264 g/mol. The van der Waals surface area contributed by atoms with E-state index in [1.165, 1.54) is 0 Å². The van der Waals surface area contributed by atoms with E-state index in [0.29, 0.717) is 6.04 Å². The van der Waals surface area contributed by atoms with Gasteiger partial charge in [-0.15, -0.1) is 0 Å². The van der Waals surface area contributed by atoms with E-state index < -0.39 is 0 Å². The Morgan fingerprint density at radius 3 is 2.95 bits per heavy atom. The molecule has 1 saturated heterocycles. The maximum Gasteiger partial charge on any atom is 0.257 e. The number of nitrogens with zero attached hydrogens (tertiary/aromatic N) is 2. The number of nitrogens with one attached hydrogen (secondary N) is 2. The van der Waals surface area contributed by atoms with Gasteiger partial charge in [0.1, 0.15) is 5.82 Å². The number of pyridine rings is 1. The molecule has 0 spiro atoms. The molecule has 0 amide bonds. The first-order chi connectivity index (χ1) is 10.1. The largest absolute Gasteiger partial charge is 0.370 e. The number of aromatic amines is 1. The van der Waals surface area contributed by atoms with Crippen LogP contribution < -0.4 is 10.9 Å². The van der Waals surface area contributed by atoms with Gasteiger partial charge in [0.2, 0.25) is 0 Å². The molecule has 1 fully saturated rings. The first kappa shape index (κ1) is 14.1. The summed E-state index contributed by atoms with van der Waals surface area (Å²) in [6.07, 6.45) is 0. The summed E-state index contributed by atoms with van der Waals surface area (Å²) in [5.41, 5.74) is -0.0373. The predicted molar refractivity (Wildman–Crippen MR) is 87.0 cm³/mol. The molecule has 2 heterocycles. The lowest BCUT2D eigenvalue weighted by Gasteiger charge is -2.37. The molecule has 5 nitrogen and oxygen atoms in total. The van der Waals surface area contributed by atoms with Crippen LogP contribution in [0.2, 0.25) is 0 Å². The molecule has 0 aliphatic carbocycles. The van der Waals surface area contributed by atoms with Gasteiger partial charge >= 0.3 is 0 Å². The highest BCUT2D eigenvalue weighted by Gasteiger charge is 2.21. The lowest BCUT2D eigenvalue weighted by Crippen LogP contribution is -2.52. The van der Waals surface area contributed by atoms with Gasteiger partial charge in [-0.1, -0.05) is 18.2 Å². The fourth-order valence-electron chi connectivity index (χ4n) is 2.86. The van der Waals surface area contributed by atoms with E-state index in [-0.39, 0.29) is 5.56 Å². The van der Waals surface area contributed by atoms with Crippen molar-refractivity contribution in [2.75, 3.05) is 45.6 Å². The molecule has 3 rings (SSSR count). The Balaban J connectivity index is 1.74. The Morgan fingerprint density at radius 2 is 2.10 bits per heavy atom. The molecule has 1 atom stereocenters. The first-order valence-electron chi connectivity index (χ1n) is 7.38. The second kappa shape index (κ2) is 5.87. The summed E-state index contributed by atoms with van der Waals surface area (Å²) in [6, 6.07) is 10.1. The number of likely N-dealkylation sites (N-methyl/N-ethyl adjacent to an activating group) is 2. The molecule has 21 heavy (non-hydrogen) atoms. The third kappa shape index (κ3) is 3.09. The Labute approximate surface area is 124 Å². The van der Waals surface area contributed by atoms with E-state index in [4.69, 9.17) is 0 Å². The lowest BCUT2D eigenvalue weighted by molar-refractivity contribution is 0.122. The number of H-pyrrole nitrogens is 1. The molecular formula is C16H22N4O. The van der Waals surface area contributed by atoms with Gasteiger partial charge in [-0.3, -0.25) is 9.69 Å². The van der Waals surface area contributed by atoms with Gasteiger partial charge in [0.15, 0.2) is 0 Å². The molecule has 1 aromatic carbocycles. The number of fused-ring (bicyclic) bond motifs is 1. The lowest BCUT2D eigenvalue weighted by atomic mass is 10.1. The fraction of sp³-hybridized carbons (Fsp3) is 0.438. The highest BCUT2D eigenvalue weighted by atomic mass is 16.1. The van der Waals surface area contributed by atoms with Crippen LogP contribution in [-0.4, -0.2) is 61.1 Å². The monoisotopic (exact) mass is 286 g/mol. The van der Waals surface area contributed by atoms with Crippen molar-refractivity contribution in [1.82, 2.24) is 14.8 Å². The zero-order chi connectivity index (χ0) is 14.8. The van der Waals surface area contributed by atoms with Crippen LogP contribution in [0.1, 0.15) is 0 Å². The van der Waals surface area contributed by atoms with Crippen molar-refractivity contribution >= 4 is 16.6 Å². The van der Waals surface area contributed by atoms with Crippen molar-refractivity contribution in [3.8, 4) is 0 Å². The van der Waals surface area contributed by atoms with E-state index in [0.717, 1.165) is 42.8 Å². The van der Waals surface area contributed by atoms with Gasteiger partial charge in [-0.05, 0) is 31.6 Å². The summed E-state index contributed by atoms with van der Waals surface area (Å²) in [6.45, 7) is 4.06. The number of rotatable bonds is 3. The smallest absolute Gasteiger partial charge is 0.257 e. The molecule has 1 unspecified atom stereocenters. The minimum atomic E-state index is -0.0373. The van der Waals surface area contributed by atoms with Crippen molar-refractivity contribution in [3.63, 3.8) is 0 Å². The number of aromatic nitrogens is 1. The van der Waals surface area contributed by atoms with Crippen molar-refractivity contribution in [2.24, 2.45) is 0 Å². The van der Waals surface area contributed by atoms with Gasteiger partial charge < -0.3 is 15.2 Å². The molecule has 2 aromatic rings. The molecule has 1 aliphatic heterocycles. The SMILES string of the molecule is CN1CCN(C)C(CNc2cc3ccccc3c(=O)[nH]2)C1. The maximum atomic E-state index is 12.1. The summed E-state index contributed by atoms with van der Waals surface area (Å²) in [5, 5.41) is 5.08. The minimum absolute atomic E-state index is 0.0373. The Kier molecular flexibility index (Phi) is 3.94. The van der Waals surface area contributed by atoms with Gasteiger partial charge in [0.25, 0.3) is 5.56 Å². The van der Waals surface area contributed by atoms with E-state index in [1.807, 2.05) is 30.3 Å². The van der Waals surface area contributed by atoms with Crippen LogP contribution in [0.15, 0.2) is 35.1 Å². The fourth-order valence-corrected chi connectivity index (χ4v) is 2.86. The van der Waals surface area contributed by atoms with Gasteiger partial charge in [0.05, 0.1) is 0 Å². The molecule has 0 radical (unpaired) electrons. The van der Waals surface area contributed by atoms with E-state index >= 15 is 0 Å². The number of hydrogen-bond acceptors (Lipinski definition) is 4. The van der Waals surface area contributed by atoms with Crippen LogP contribution in [0.3, 0.4) is 0 Å². The number of benzene rings is 1. The number of hydrogen-bond donors (Lipinski definition) is 2. The molecule has 2 N–H and O–H groups in total. The van der Waals surface area contributed by atoms with Crippen LogP contribution in [-0.2, 0) is 0 Å². The number of piperazine rings is 1. The third-order valence-corrected chi connectivity index (χ3v) is 4.26. The zero-order valence-electron chi connectivity index (χ0n) is 12.6. The van der Waals surface area contributed by atoms with Gasteiger partial charge in [0, 0.05) is 37.6 Å². The normalized spacial score (nSPS) is 20.8.